The number of hydrogen-bond acceptors (Lipinski definition) is 3. The Labute approximate surface area is 194 Å². The van der Waals surface area contributed by atoms with Crippen molar-refractivity contribution in [1.29, 1.82) is 0 Å². The lowest BCUT2D eigenvalue weighted by Crippen LogP contribution is -2.50. The minimum atomic E-state index is -0.0162. The lowest BCUT2D eigenvalue weighted by atomic mass is 10.1. The van der Waals surface area contributed by atoms with Gasteiger partial charge in [0.1, 0.15) is 0 Å². The Morgan fingerprint density at radius 2 is 1.52 bits per heavy atom. The zero-order valence-electron chi connectivity index (χ0n) is 19.2. The Kier molecular flexibility index (Phi) is 13.5. The number of carbonyl (C=O) groups is 2. The molecule has 0 aromatic rings. The molecule has 0 radical (unpaired) electrons. The van der Waals surface area contributed by atoms with Gasteiger partial charge in [-0.05, 0) is 39.5 Å². The number of rotatable bonds is 8. The molecule has 170 valence electrons. The van der Waals surface area contributed by atoms with E-state index < -0.39 is 0 Å². The fourth-order valence-electron chi connectivity index (χ4n) is 3.16. The number of aliphatic imine (C=N–C) groups is 1. The van der Waals surface area contributed by atoms with Crippen LogP contribution in [0.2, 0.25) is 0 Å². The molecule has 7 nitrogen and oxygen atoms in total. The fraction of sp³-hybridized carbons (Fsp3) is 0.857. The molecule has 0 bridgehead atoms. The number of guanidine groups is 1. The van der Waals surface area contributed by atoms with Crippen LogP contribution < -0.4 is 10.6 Å². The van der Waals surface area contributed by atoms with E-state index in [0.29, 0.717) is 44.9 Å². The Balaban J connectivity index is 0.00000784. The molecule has 2 N–H and O–H groups in total. The predicted molar refractivity (Wildman–Crippen MR) is 131 cm³/mol. The third-order valence-corrected chi connectivity index (χ3v) is 4.64. The van der Waals surface area contributed by atoms with Crippen LogP contribution in [-0.4, -0.2) is 72.9 Å². The second-order valence-electron chi connectivity index (χ2n) is 9.04. The molecule has 0 aromatic carbocycles. The number of unbranched alkanes of at least 4 members (excludes halogenated alkanes) is 2. The zero-order valence-corrected chi connectivity index (χ0v) is 21.5. The van der Waals surface area contributed by atoms with E-state index in [1.165, 1.54) is 0 Å². The summed E-state index contributed by atoms with van der Waals surface area (Å²) in [5.74, 6) is 1.62. The quantitative estimate of drug-likeness (QED) is 0.222. The zero-order chi connectivity index (χ0) is 21.2. The summed E-state index contributed by atoms with van der Waals surface area (Å²) in [5, 5.41) is 6.64. The van der Waals surface area contributed by atoms with Crippen LogP contribution >= 0.6 is 24.0 Å². The number of halogens is 1. The van der Waals surface area contributed by atoms with Crippen molar-refractivity contribution in [3.8, 4) is 0 Å². The van der Waals surface area contributed by atoms with Gasteiger partial charge in [-0.3, -0.25) is 14.6 Å². The van der Waals surface area contributed by atoms with Gasteiger partial charge in [0.05, 0.1) is 0 Å². The molecular weight excluding hydrogens is 481 g/mol. The smallest absolute Gasteiger partial charge is 0.222 e. The normalized spacial score (nSPS) is 15.2. The average Bonchev–Trinajstić information content (AvgIpc) is 2.61. The highest BCUT2D eigenvalue weighted by atomic mass is 127. The molecule has 8 heteroatoms. The first kappa shape index (κ1) is 27.9. The van der Waals surface area contributed by atoms with Crippen molar-refractivity contribution in [3.05, 3.63) is 0 Å². The van der Waals surface area contributed by atoms with Crippen molar-refractivity contribution in [3.63, 3.8) is 0 Å². The Hall–Kier alpha value is -1.06. The largest absolute Gasteiger partial charge is 0.356 e. The van der Waals surface area contributed by atoms with Crippen LogP contribution in [0.15, 0.2) is 4.99 Å². The van der Waals surface area contributed by atoms with E-state index in [0.717, 1.165) is 31.8 Å². The molecule has 1 rings (SSSR count). The number of hydrogen-bond donors (Lipinski definition) is 2. The Bertz CT molecular complexity index is 524. The van der Waals surface area contributed by atoms with Gasteiger partial charge in [-0.25, -0.2) is 0 Å². The maximum absolute atomic E-state index is 12.4. The number of nitrogens with zero attached hydrogens (tertiary/aromatic N) is 3. The summed E-state index contributed by atoms with van der Waals surface area (Å²) in [7, 11) is 1.77. The molecule has 0 aromatic heterocycles. The number of carbonyl (C=O) groups excluding carboxylic acids is 2. The first-order chi connectivity index (χ1) is 13.1. The van der Waals surface area contributed by atoms with Crippen LogP contribution in [0.5, 0.6) is 0 Å². The van der Waals surface area contributed by atoms with Crippen molar-refractivity contribution < 1.29 is 9.59 Å². The lowest BCUT2D eigenvalue weighted by molar-refractivity contribution is -0.140. The van der Waals surface area contributed by atoms with Gasteiger partial charge in [0.25, 0.3) is 0 Å². The minimum absolute atomic E-state index is 0. The summed E-state index contributed by atoms with van der Waals surface area (Å²) < 4.78 is 0. The monoisotopic (exact) mass is 523 g/mol. The van der Waals surface area contributed by atoms with E-state index in [1.807, 2.05) is 9.80 Å². The van der Waals surface area contributed by atoms with Gasteiger partial charge in [-0.15, -0.1) is 24.0 Å². The highest BCUT2D eigenvalue weighted by Crippen LogP contribution is 2.10. The first-order valence-electron chi connectivity index (χ1n) is 10.7. The van der Waals surface area contributed by atoms with E-state index in [4.69, 9.17) is 0 Å². The van der Waals surface area contributed by atoms with E-state index in [9.17, 15) is 9.59 Å². The average molecular weight is 524 g/mol. The number of amides is 2. The highest BCUT2D eigenvalue weighted by Gasteiger charge is 2.23. The van der Waals surface area contributed by atoms with Crippen LogP contribution in [0, 0.1) is 5.92 Å². The molecule has 1 aliphatic heterocycles. The van der Waals surface area contributed by atoms with Crippen LogP contribution in [0.1, 0.15) is 66.7 Å². The van der Waals surface area contributed by atoms with Gasteiger partial charge >= 0.3 is 0 Å². The molecule has 0 unspecified atom stereocenters. The molecule has 1 aliphatic rings. The van der Waals surface area contributed by atoms with Gasteiger partial charge in [0.15, 0.2) is 5.96 Å². The molecular formula is C21H42IN5O2. The van der Waals surface area contributed by atoms with Crippen molar-refractivity contribution in [2.75, 3.05) is 39.8 Å². The molecule has 2 amide bonds. The van der Waals surface area contributed by atoms with E-state index in [1.54, 1.807) is 7.05 Å². The second kappa shape index (κ2) is 14.0. The van der Waals surface area contributed by atoms with Gasteiger partial charge in [0.2, 0.25) is 11.8 Å². The summed E-state index contributed by atoms with van der Waals surface area (Å²) in [6.45, 7) is 13.9. The third-order valence-electron chi connectivity index (χ3n) is 4.64. The predicted octanol–water partition coefficient (Wildman–Crippen LogP) is 2.85. The molecule has 29 heavy (non-hydrogen) atoms. The summed E-state index contributed by atoms with van der Waals surface area (Å²) in [6, 6.07) is 0. The standard InChI is InChI=1S/C21H41N5O2.HI/c1-17(2)16-19(28)26-14-12-25(13-15-26)18(27)10-8-7-9-11-23-20(22-6)24-21(3,4)5;/h17H,7-16H2,1-6H3,(H2,22,23,24);1H. The van der Waals surface area contributed by atoms with Gasteiger partial charge in [-0.2, -0.15) is 0 Å². The minimum Gasteiger partial charge on any atom is -0.356 e. The van der Waals surface area contributed by atoms with E-state index in [2.05, 4.69) is 50.2 Å². The third kappa shape index (κ3) is 12.3. The molecule has 1 heterocycles. The molecule has 1 fully saturated rings. The van der Waals surface area contributed by atoms with Crippen molar-refractivity contribution in [1.82, 2.24) is 20.4 Å². The van der Waals surface area contributed by atoms with Crippen LogP contribution in [0.4, 0.5) is 0 Å². The lowest BCUT2D eigenvalue weighted by Gasteiger charge is -2.35. The van der Waals surface area contributed by atoms with E-state index in [-0.39, 0.29) is 41.3 Å². The summed E-state index contributed by atoms with van der Waals surface area (Å²) in [6.07, 6.45) is 4.11. The molecule has 0 spiro atoms. The van der Waals surface area contributed by atoms with Gasteiger partial charge < -0.3 is 20.4 Å². The number of nitrogens with one attached hydrogen (secondary N) is 2. The second-order valence-corrected chi connectivity index (χ2v) is 9.04. The van der Waals surface area contributed by atoms with Crippen molar-refractivity contribution in [2.45, 2.75) is 72.3 Å². The van der Waals surface area contributed by atoms with E-state index >= 15 is 0 Å². The number of piperazine rings is 1. The molecule has 0 atom stereocenters. The summed E-state index contributed by atoms with van der Waals surface area (Å²) in [5.41, 5.74) is -0.0162. The molecule has 1 saturated heterocycles. The summed E-state index contributed by atoms with van der Waals surface area (Å²) in [4.78, 5) is 32.5. The van der Waals surface area contributed by atoms with Gasteiger partial charge in [0, 0.05) is 58.2 Å². The van der Waals surface area contributed by atoms with Crippen molar-refractivity contribution in [2.24, 2.45) is 10.9 Å². The topological polar surface area (TPSA) is 77.0 Å². The molecule has 0 saturated carbocycles. The van der Waals surface area contributed by atoms with Crippen molar-refractivity contribution >= 4 is 41.8 Å². The van der Waals surface area contributed by atoms with Crippen LogP contribution in [0.3, 0.4) is 0 Å². The highest BCUT2D eigenvalue weighted by molar-refractivity contribution is 14.0. The maximum atomic E-state index is 12.4. The SMILES string of the molecule is CN=C(NCCCCCC(=O)N1CCN(C(=O)CC(C)C)CC1)NC(C)(C)C.I. The summed E-state index contributed by atoms with van der Waals surface area (Å²) >= 11 is 0. The van der Waals surface area contributed by atoms with Gasteiger partial charge in [-0.1, -0.05) is 20.3 Å². The van der Waals surface area contributed by atoms with Crippen LogP contribution in [-0.2, 0) is 9.59 Å². The fourth-order valence-corrected chi connectivity index (χ4v) is 3.16. The molecule has 0 aliphatic carbocycles. The first-order valence-corrected chi connectivity index (χ1v) is 10.7. The van der Waals surface area contributed by atoms with Crippen LogP contribution in [0.25, 0.3) is 0 Å². The Morgan fingerprint density at radius 3 is 2.00 bits per heavy atom. The Morgan fingerprint density at radius 1 is 0.966 bits per heavy atom. The maximum Gasteiger partial charge on any atom is 0.222 e.